The van der Waals surface area contributed by atoms with Crippen molar-refractivity contribution < 1.29 is 9.90 Å². The molecule has 1 fully saturated rings. The molecule has 1 saturated heterocycles. The highest BCUT2D eigenvalue weighted by molar-refractivity contribution is 7.99. The molecule has 21 heavy (non-hydrogen) atoms. The van der Waals surface area contributed by atoms with E-state index in [1.165, 1.54) is 11.5 Å². The molecule has 0 aliphatic carbocycles. The summed E-state index contributed by atoms with van der Waals surface area (Å²) in [7, 11) is 0. The highest BCUT2D eigenvalue weighted by Gasteiger charge is 2.23. The predicted molar refractivity (Wildman–Crippen MR) is 85.9 cm³/mol. The Kier molecular flexibility index (Phi) is 6.88. The van der Waals surface area contributed by atoms with E-state index in [9.17, 15) is 9.90 Å². The summed E-state index contributed by atoms with van der Waals surface area (Å²) in [6, 6.07) is 0.106. The summed E-state index contributed by atoms with van der Waals surface area (Å²) < 4.78 is 4.21. The van der Waals surface area contributed by atoms with E-state index < -0.39 is 0 Å². The Hall–Kier alpha value is -0.700. The lowest BCUT2D eigenvalue weighted by Crippen LogP contribution is -2.45. The molecule has 1 aliphatic heterocycles. The number of aromatic nitrogens is 2. The Balaban J connectivity index is 1.82. The minimum atomic E-state index is -0.0847. The lowest BCUT2D eigenvalue weighted by Gasteiger charge is -2.33. The molecular formula is C13H22N4O2S2. The molecule has 0 radical (unpaired) electrons. The zero-order chi connectivity index (χ0) is 15.1. The number of thioether (sulfide) groups is 1. The number of nitrogens with zero attached hydrogens (tertiary/aromatic N) is 3. The molecule has 8 heteroatoms. The summed E-state index contributed by atoms with van der Waals surface area (Å²) in [6.07, 6.45) is 4.24. The third-order valence-corrected chi connectivity index (χ3v) is 5.19. The van der Waals surface area contributed by atoms with Crippen molar-refractivity contribution in [2.24, 2.45) is 0 Å². The van der Waals surface area contributed by atoms with Gasteiger partial charge in [-0.05, 0) is 25.8 Å². The van der Waals surface area contributed by atoms with Crippen LogP contribution in [0.3, 0.4) is 0 Å². The van der Waals surface area contributed by atoms with Gasteiger partial charge in [0.25, 0.3) is 0 Å². The molecular weight excluding hydrogens is 308 g/mol. The molecule has 1 amide bonds. The first-order valence-electron chi connectivity index (χ1n) is 7.34. The number of carbonyl (C=O) groups excluding carboxylic acids is 1. The molecule has 6 nitrogen and oxygen atoms in total. The zero-order valence-electron chi connectivity index (χ0n) is 12.2. The SMILES string of the molecule is CCCSc1nsc(NC(=O)CN2CCCCC2CO)n1. The van der Waals surface area contributed by atoms with E-state index in [1.54, 1.807) is 11.8 Å². The largest absolute Gasteiger partial charge is 0.395 e. The summed E-state index contributed by atoms with van der Waals surface area (Å²) in [6.45, 7) is 3.40. The van der Waals surface area contributed by atoms with Gasteiger partial charge in [-0.2, -0.15) is 9.36 Å². The molecule has 118 valence electrons. The highest BCUT2D eigenvalue weighted by atomic mass is 32.2. The van der Waals surface area contributed by atoms with Gasteiger partial charge in [0.2, 0.25) is 16.2 Å². The average molecular weight is 330 g/mol. The molecule has 0 bridgehead atoms. The van der Waals surface area contributed by atoms with Gasteiger partial charge in [0.1, 0.15) is 0 Å². The van der Waals surface area contributed by atoms with Crippen LogP contribution in [-0.4, -0.2) is 56.8 Å². The first-order valence-corrected chi connectivity index (χ1v) is 9.10. The monoisotopic (exact) mass is 330 g/mol. The number of amides is 1. The number of carbonyl (C=O) groups is 1. The van der Waals surface area contributed by atoms with Crippen molar-refractivity contribution in [3.05, 3.63) is 0 Å². The van der Waals surface area contributed by atoms with Crippen molar-refractivity contribution >= 4 is 34.3 Å². The van der Waals surface area contributed by atoms with Crippen molar-refractivity contribution in [1.82, 2.24) is 14.3 Å². The van der Waals surface area contributed by atoms with Crippen LogP contribution in [0.4, 0.5) is 5.13 Å². The molecule has 1 aromatic heterocycles. The molecule has 0 aromatic carbocycles. The number of likely N-dealkylation sites (tertiary alicyclic amines) is 1. The van der Waals surface area contributed by atoms with Crippen LogP contribution in [0.25, 0.3) is 0 Å². The van der Waals surface area contributed by atoms with Gasteiger partial charge < -0.3 is 5.11 Å². The van der Waals surface area contributed by atoms with E-state index in [4.69, 9.17) is 0 Å². The zero-order valence-corrected chi connectivity index (χ0v) is 13.9. The van der Waals surface area contributed by atoms with Gasteiger partial charge in [0, 0.05) is 23.3 Å². The van der Waals surface area contributed by atoms with Crippen molar-refractivity contribution in [2.75, 3.05) is 30.8 Å². The van der Waals surface area contributed by atoms with E-state index >= 15 is 0 Å². The number of rotatable bonds is 7. The van der Waals surface area contributed by atoms with Crippen molar-refractivity contribution in [3.63, 3.8) is 0 Å². The van der Waals surface area contributed by atoms with Crippen LogP contribution in [0.5, 0.6) is 0 Å². The lowest BCUT2D eigenvalue weighted by molar-refractivity contribution is -0.118. The average Bonchev–Trinajstić information content (AvgIpc) is 2.93. The van der Waals surface area contributed by atoms with Gasteiger partial charge >= 0.3 is 0 Å². The summed E-state index contributed by atoms with van der Waals surface area (Å²) in [5.41, 5.74) is 0. The molecule has 1 unspecified atom stereocenters. The topological polar surface area (TPSA) is 78.4 Å². The standard InChI is InChI=1S/C13H22N4O2S2/c1-2-7-20-13-15-12(21-16-13)14-11(19)8-17-6-4-3-5-10(17)9-18/h10,18H,2-9H2,1H3,(H,14,15,16,19). The van der Waals surface area contributed by atoms with E-state index in [2.05, 4.69) is 21.6 Å². The van der Waals surface area contributed by atoms with Gasteiger partial charge in [-0.1, -0.05) is 25.1 Å². The van der Waals surface area contributed by atoms with Crippen molar-refractivity contribution in [3.8, 4) is 0 Å². The van der Waals surface area contributed by atoms with Gasteiger partial charge in [0.15, 0.2) is 0 Å². The van der Waals surface area contributed by atoms with Crippen LogP contribution in [0.1, 0.15) is 32.6 Å². The minimum absolute atomic E-state index is 0.0847. The van der Waals surface area contributed by atoms with E-state index in [0.29, 0.717) is 11.7 Å². The summed E-state index contributed by atoms with van der Waals surface area (Å²) >= 11 is 2.82. The first kappa shape index (κ1) is 16.7. The predicted octanol–water partition coefficient (Wildman–Crippen LogP) is 1.83. The maximum atomic E-state index is 12.1. The second-order valence-corrected chi connectivity index (χ2v) is 6.90. The Morgan fingerprint density at radius 2 is 2.43 bits per heavy atom. The van der Waals surface area contributed by atoms with Gasteiger partial charge in [0.05, 0.1) is 13.2 Å². The van der Waals surface area contributed by atoms with Crippen molar-refractivity contribution in [2.45, 2.75) is 43.8 Å². The number of aliphatic hydroxyl groups is 1. The molecule has 0 spiro atoms. The van der Waals surface area contributed by atoms with Gasteiger partial charge in [-0.15, -0.1) is 0 Å². The number of piperidine rings is 1. The number of nitrogens with one attached hydrogen (secondary N) is 1. The molecule has 2 rings (SSSR count). The third-order valence-electron chi connectivity index (χ3n) is 3.40. The fraction of sp³-hybridized carbons (Fsp3) is 0.769. The first-order chi connectivity index (χ1) is 10.2. The van der Waals surface area contributed by atoms with Gasteiger partial charge in [-0.25, -0.2) is 0 Å². The van der Waals surface area contributed by atoms with Crippen LogP contribution < -0.4 is 5.32 Å². The van der Waals surface area contributed by atoms with Crippen LogP contribution in [0.15, 0.2) is 5.16 Å². The Bertz CT molecular complexity index is 455. The molecule has 2 N–H and O–H groups in total. The third kappa shape index (κ3) is 5.21. The van der Waals surface area contributed by atoms with Crippen LogP contribution >= 0.6 is 23.3 Å². The highest BCUT2D eigenvalue weighted by Crippen LogP contribution is 2.21. The second kappa shape index (κ2) is 8.67. The Labute approximate surface area is 133 Å². The maximum Gasteiger partial charge on any atom is 0.240 e. The van der Waals surface area contributed by atoms with E-state index in [-0.39, 0.29) is 18.6 Å². The summed E-state index contributed by atoms with van der Waals surface area (Å²) in [5.74, 6) is 0.898. The summed E-state index contributed by atoms with van der Waals surface area (Å²) in [4.78, 5) is 18.4. The minimum Gasteiger partial charge on any atom is -0.395 e. The fourth-order valence-electron chi connectivity index (χ4n) is 2.33. The Morgan fingerprint density at radius 1 is 1.57 bits per heavy atom. The van der Waals surface area contributed by atoms with E-state index in [0.717, 1.165) is 43.1 Å². The quantitative estimate of drug-likeness (QED) is 0.743. The molecule has 0 saturated carbocycles. The molecule has 1 atom stereocenters. The van der Waals surface area contributed by atoms with Crippen LogP contribution in [-0.2, 0) is 4.79 Å². The Morgan fingerprint density at radius 3 is 3.19 bits per heavy atom. The molecule has 1 aliphatic rings. The van der Waals surface area contributed by atoms with Crippen LogP contribution in [0, 0.1) is 0 Å². The smallest absolute Gasteiger partial charge is 0.240 e. The van der Waals surface area contributed by atoms with E-state index in [1.807, 2.05) is 4.90 Å². The van der Waals surface area contributed by atoms with Crippen molar-refractivity contribution in [1.29, 1.82) is 0 Å². The molecule has 1 aromatic rings. The normalized spacial score (nSPS) is 19.6. The maximum absolute atomic E-state index is 12.1. The number of hydrogen-bond donors (Lipinski definition) is 2. The number of aliphatic hydroxyl groups excluding tert-OH is 1. The number of hydrogen-bond acceptors (Lipinski definition) is 7. The fourth-order valence-corrected chi connectivity index (χ4v) is 3.75. The molecule has 2 heterocycles. The lowest BCUT2D eigenvalue weighted by atomic mass is 10.0. The van der Waals surface area contributed by atoms with Crippen LogP contribution in [0.2, 0.25) is 0 Å². The number of anilines is 1. The summed E-state index contributed by atoms with van der Waals surface area (Å²) in [5, 5.41) is 13.4. The van der Waals surface area contributed by atoms with Gasteiger partial charge in [-0.3, -0.25) is 15.0 Å². The second-order valence-electron chi connectivity index (χ2n) is 5.08.